The van der Waals surface area contributed by atoms with Crippen molar-refractivity contribution in [2.75, 3.05) is 6.61 Å². The smallest absolute Gasteiger partial charge is 0.204 e. The summed E-state index contributed by atoms with van der Waals surface area (Å²) in [4.78, 5) is 12.6. The van der Waals surface area contributed by atoms with Gasteiger partial charge < -0.3 is 19.4 Å². The Labute approximate surface area is 131 Å². The van der Waals surface area contributed by atoms with Crippen LogP contribution in [-0.4, -0.2) is 16.8 Å². The molecule has 0 unspecified atom stereocenters. The van der Waals surface area contributed by atoms with E-state index in [1.54, 1.807) is 24.3 Å². The van der Waals surface area contributed by atoms with Crippen LogP contribution in [0.5, 0.6) is 17.2 Å². The SMILES string of the molecule is C=CCOc1cc(O)c2c(=O)c(-c3ccc(O)cc3)coc2c1. The van der Waals surface area contributed by atoms with Crippen LogP contribution in [0.4, 0.5) is 0 Å². The molecular formula is C18H14O5. The van der Waals surface area contributed by atoms with Gasteiger partial charge in [0.15, 0.2) is 0 Å². The minimum Gasteiger partial charge on any atom is -0.508 e. The lowest BCUT2D eigenvalue weighted by Gasteiger charge is -2.08. The molecule has 1 aromatic heterocycles. The van der Waals surface area contributed by atoms with Crippen molar-refractivity contribution in [3.63, 3.8) is 0 Å². The van der Waals surface area contributed by atoms with Gasteiger partial charge in [0.1, 0.15) is 41.1 Å². The molecule has 0 saturated carbocycles. The van der Waals surface area contributed by atoms with Gasteiger partial charge in [-0.05, 0) is 17.7 Å². The minimum atomic E-state index is -0.357. The Morgan fingerprint density at radius 2 is 1.91 bits per heavy atom. The topological polar surface area (TPSA) is 79.9 Å². The second-order valence-electron chi connectivity index (χ2n) is 4.94. The van der Waals surface area contributed by atoms with Gasteiger partial charge in [0, 0.05) is 12.1 Å². The Morgan fingerprint density at radius 3 is 2.61 bits per heavy atom. The first-order valence-corrected chi connectivity index (χ1v) is 6.92. The lowest BCUT2D eigenvalue weighted by molar-refractivity contribution is 0.360. The molecule has 1 heterocycles. The molecule has 0 aliphatic carbocycles. The van der Waals surface area contributed by atoms with Gasteiger partial charge in [-0.3, -0.25) is 4.79 Å². The van der Waals surface area contributed by atoms with E-state index in [1.165, 1.54) is 24.5 Å². The van der Waals surface area contributed by atoms with Crippen LogP contribution in [0.15, 0.2) is 64.5 Å². The quantitative estimate of drug-likeness (QED) is 0.722. The first-order valence-electron chi connectivity index (χ1n) is 6.92. The molecule has 0 aliphatic heterocycles. The number of fused-ring (bicyclic) bond motifs is 1. The third-order valence-corrected chi connectivity index (χ3v) is 3.38. The fourth-order valence-corrected chi connectivity index (χ4v) is 2.29. The molecule has 0 fully saturated rings. The predicted molar refractivity (Wildman–Crippen MR) is 86.9 cm³/mol. The number of phenols is 2. The Balaban J connectivity index is 2.16. The summed E-state index contributed by atoms with van der Waals surface area (Å²) in [5, 5.41) is 19.6. The van der Waals surface area contributed by atoms with Gasteiger partial charge in [-0.15, -0.1) is 0 Å². The molecule has 0 spiro atoms. The molecule has 23 heavy (non-hydrogen) atoms. The highest BCUT2D eigenvalue weighted by atomic mass is 16.5. The molecule has 0 radical (unpaired) electrons. The van der Waals surface area contributed by atoms with Crippen molar-refractivity contribution in [3.8, 4) is 28.4 Å². The zero-order valence-electron chi connectivity index (χ0n) is 12.2. The third-order valence-electron chi connectivity index (χ3n) is 3.38. The van der Waals surface area contributed by atoms with Crippen LogP contribution in [0.3, 0.4) is 0 Å². The summed E-state index contributed by atoms with van der Waals surface area (Å²) in [6.07, 6.45) is 2.90. The molecule has 0 bridgehead atoms. The summed E-state index contributed by atoms with van der Waals surface area (Å²) in [5.74, 6) is 0.275. The first-order chi connectivity index (χ1) is 11.1. The van der Waals surface area contributed by atoms with Crippen LogP contribution in [0, 0.1) is 0 Å². The monoisotopic (exact) mass is 310 g/mol. The summed E-state index contributed by atoms with van der Waals surface area (Å²) >= 11 is 0. The van der Waals surface area contributed by atoms with E-state index in [0.29, 0.717) is 16.9 Å². The van der Waals surface area contributed by atoms with Crippen molar-refractivity contribution >= 4 is 11.0 Å². The van der Waals surface area contributed by atoms with Crippen LogP contribution in [0.2, 0.25) is 0 Å². The predicted octanol–water partition coefficient (Wildman–Crippen LogP) is 3.44. The number of hydrogen-bond acceptors (Lipinski definition) is 5. The number of rotatable bonds is 4. The molecular weight excluding hydrogens is 296 g/mol. The summed E-state index contributed by atoms with van der Waals surface area (Å²) in [5.41, 5.74) is 0.763. The van der Waals surface area contributed by atoms with Crippen LogP contribution in [0.25, 0.3) is 22.1 Å². The normalized spacial score (nSPS) is 10.6. The molecule has 2 aromatic carbocycles. The van der Waals surface area contributed by atoms with Crippen molar-refractivity contribution in [2.24, 2.45) is 0 Å². The molecule has 0 saturated heterocycles. The molecule has 116 valence electrons. The zero-order chi connectivity index (χ0) is 16.4. The average molecular weight is 310 g/mol. The summed E-state index contributed by atoms with van der Waals surface area (Å²) in [6.45, 7) is 3.83. The maximum absolute atomic E-state index is 12.6. The summed E-state index contributed by atoms with van der Waals surface area (Å²) in [6, 6.07) is 9.07. The highest BCUT2D eigenvalue weighted by Gasteiger charge is 2.14. The van der Waals surface area contributed by atoms with Gasteiger partial charge in [0.05, 0.1) is 5.56 Å². The highest BCUT2D eigenvalue weighted by Crippen LogP contribution is 2.30. The van der Waals surface area contributed by atoms with E-state index in [9.17, 15) is 15.0 Å². The lowest BCUT2D eigenvalue weighted by atomic mass is 10.0. The van der Waals surface area contributed by atoms with Crippen molar-refractivity contribution in [1.82, 2.24) is 0 Å². The van der Waals surface area contributed by atoms with Crippen molar-refractivity contribution in [2.45, 2.75) is 0 Å². The molecule has 0 aliphatic rings. The van der Waals surface area contributed by atoms with Crippen molar-refractivity contribution < 1.29 is 19.4 Å². The zero-order valence-corrected chi connectivity index (χ0v) is 12.2. The van der Waals surface area contributed by atoms with E-state index in [4.69, 9.17) is 9.15 Å². The molecule has 3 aromatic rings. The fourth-order valence-electron chi connectivity index (χ4n) is 2.29. The third kappa shape index (κ3) is 2.76. The molecule has 2 N–H and O–H groups in total. The number of ether oxygens (including phenoxy) is 1. The van der Waals surface area contributed by atoms with E-state index in [-0.39, 0.29) is 34.5 Å². The lowest BCUT2D eigenvalue weighted by Crippen LogP contribution is -2.05. The van der Waals surface area contributed by atoms with Gasteiger partial charge in [0.2, 0.25) is 5.43 Å². The van der Waals surface area contributed by atoms with E-state index < -0.39 is 0 Å². The first kappa shape index (κ1) is 14.7. The van der Waals surface area contributed by atoms with E-state index in [0.717, 1.165) is 0 Å². The van der Waals surface area contributed by atoms with Crippen molar-refractivity contribution in [3.05, 3.63) is 65.5 Å². The average Bonchev–Trinajstić information content (AvgIpc) is 2.54. The summed E-state index contributed by atoms with van der Waals surface area (Å²) in [7, 11) is 0. The standard InChI is InChI=1S/C18H14O5/c1-2-7-22-13-8-15(20)17-16(9-13)23-10-14(18(17)21)11-3-5-12(19)6-4-11/h2-6,8-10,19-20H,1,7H2. The molecule has 0 atom stereocenters. The van der Waals surface area contributed by atoms with Gasteiger partial charge in [0.25, 0.3) is 0 Å². The van der Waals surface area contributed by atoms with E-state index in [1.807, 2.05) is 0 Å². The largest absolute Gasteiger partial charge is 0.508 e. The van der Waals surface area contributed by atoms with Crippen LogP contribution in [-0.2, 0) is 0 Å². The Morgan fingerprint density at radius 1 is 1.17 bits per heavy atom. The summed E-state index contributed by atoms with van der Waals surface area (Å²) < 4.78 is 10.8. The maximum atomic E-state index is 12.6. The van der Waals surface area contributed by atoms with Gasteiger partial charge in [-0.1, -0.05) is 24.8 Å². The Bertz CT molecular complexity index is 923. The van der Waals surface area contributed by atoms with Crippen molar-refractivity contribution in [1.29, 1.82) is 0 Å². The highest BCUT2D eigenvalue weighted by molar-refractivity contribution is 5.88. The molecule has 3 rings (SSSR count). The number of benzene rings is 2. The Kier molecular flexibility index (Phi) is 3.76. The van der Waals surface area contributed by atoms with E-state index in [2.05, 4.69) is 6.58 Å². The second-order valence-corrected chi connectivity index (χ2v) is 4.94. The fraction of sp³-hybridized carbons (Fsp3) is 0.0556. The molecule has 5 heteroatoms. The molecule has 5 nitrogen and oxygen atoms in total. The number of hydrogen-bond donors (Lipinski definition) is 2. The van der Waals surface area contributed by atoms with Crippen LogP contribution in [0.1, 0.15) is 0 Å². The number of aromatic hydroxyl groups is 2. The van der Waals surface area contributed by atoms with E-state index >= 15 is 0 Å². The molecule has 0 amide bonds. The van der Waals surface area contributed by atoms with Crippen LogP contribution >= 0.6 is 0 Å². The maximum Gasteiger partial charge on any atom is 0.204 e. The Hall–Kier alpha value is -3.21. The van der Waals surface area contributed by atoms with Gasteiger partial charge in [-0.25, -0.2) is 0 Å². The van der Waals surface area contributed by atoms with Gasteiger partial charge in [-0.2, -0.15) is 0 Å². The number of phenolic OH excluding ortho intramolecular Hbond substituents is 2. The minimum absolute atomic E-state index is 0.0847. The second kappa shape index (κ2) is 5.88. The van der Waals surface area contributed by atoms with Gasteiger partial charge >= 0.3 is 0 Å². The van der Waals surface area contributed by atoms with Crippen LogP contribution < -0.4 is 10.2 Å².